The van der Waals surface area contributed by atoms with Crippen LogP contribution in [-0.4, -0.2) is 24.7 Å². The van der Waals surface area contributed by atoms with Crippen LogP contribution < -0.4 is 4.72 Å². The highest BCUT2D eigenvalue weighted by Gasteiger charge is 2.13. The molecular weight excluding hydrogens is 288 g/mol. The van der Waals surface area contributed by atoms with Gasteiger partial charge in [-0.05, 0) is 23.8 Å². The van der Waals surface area contributed by atoms with Gasteiger partial charge >= 0.3 is 0 Å². The summed E-state index contributed by atoms with van der Waals surface area (Å²) in [5.74, 6) is 0. The van der Waals surface area contributed by atoms with Crippen LogP contribution >= 0.6 is 0 Å². The van der Waals surface area contributed by atoms with E-state index >= 15 is 0 Å². The number of benzene rings is 1. The standard InChI is InChI=1S/C14H16N4O2S/c1-18-13(7-10-16-18)8-11-17-21(19,20)14-4-2-12(3-5-14)6-9-15/h2-5,7,10,17H,6,8,11H2,1H3. The Kier molecular flexibility index (Phi) is 4.73. The van der Waals surface area contributed by atoms with E-state index in [1.54, 1.807) is 23.0 Å². The maximum atomic E-state index is 12.1. The van der Waals surface area contributed by atoms with E-state index in [1.807, 2.05) is 19.2 Å². The zero-order valence-electron chi connectivity index (χ0n) is 11.7. The Bertz CT molecular complexity index is 742. The third kappa shape index (κ3) is 3.90. The molecule has 0 saturated heterocycles. The average Bonchev–Trinajstić information content (AvgIpc) is 2.85. The second-order valence-electron chi connectivity index (χ2n) is 4.57. The van der Waals surface area contributed by atoms with Gasteiger partial charge in [0.2, 0.25) is 10.0 Å². The highest BCUT2D eigenvalue weighted by Crippen LogP contribution is 2.11. The third-order valence-corrected chi connectivity index (χ3v) is 4.59. The zero-order chi connectivity index (χ0) is 15.3. The molecule has 110 valence electrons. The van der Waals surface area contributed by atoms with Gasteiger partial charge in [0, 0.05) is 31.9 Å². The Morgan fingerprint density at radius 1 is 1.29 bits per heavy atom. The van der Waals surface area contributed by atoms with E-state index < -0.39 is 10.0 Å². The average molecular weight is 304 g/mol. The second-order valence-corrected chi connectivity index (χ2v) is 6.34. The van der Waals surface area contributed by atoms with Crippen molar-refractivity contribution in [1.29, 1.82) is 5.26 Å². The van der Waals surface area contributed by atoms with Crippen LogP contribution in [0.15, 0.2) is 41.4 Å². The summed E-state index contributed by atoms with van der Waals surface area (Å²) >= 11 is 0. The lowest BCUT2D eigenvalue weighted by molar-refractivity contribution is 0.579. The van der Waals surface area contributed by atoms with Crippen LogP contribution in [0.4, 0.5) is 0 Å². The van der Waals surface area contributed by atoms with E-state index in [9.17, 15) is 8.42 Å². The molecule has 0 aliphatic carbocycles. The molecule has 2 aromatic rings. The molecular formula is C14H16N4O2S. The molecule has 0 spiro atoms. The minimum atomic E-state index is -3.52. The van der Waals surface area contributed by atoms with Crippen molar-refractivity contribution >= 4 is 10.0 Å². The van der Waals surface area contributed by atoms with Crippen LogP contribution in [0.5, 0.6) is 0 Å². The smallest absolute Gasteiger partial charge is 0.240 e. The Labute approximate surface area is 124 Å². The minimum Gasteiger partial charge on any atom is -0.273 e. The molecule has 0 radical (unpaired) electrons. The van der Waals surface area contributed by atoms with Crippen molar-refractivity contribution in [2.45, 2.75) is 17.7 Å². The van der Waals surface area contributed by atoms with Crippen LogP contribution in [-0.2, 0) is 29.9 Å². The molecule has 7 heteroatoms. The molecule has 0 aliphatic heterocycles. The largest absolute Gasteiger partial charge is 0.273 e. The normalized spacial score (nSPS) is 11.2. The second kappa shape index (κ2) is 6.52. The number of hydrogen-bond donors (Lipinski definition) is 1. The van der Waals surface area contributed by atoms with E-state index in [0.717, 1.165) is 11.3 Å². The van der Waals surface area contributed by atoms with Gasteiger partial charge in [0.05, 0.1) is 17.4 Å². The molecule has 1 N–H and O–H groups in total. The first-order chi connectivity index (χ1) is 10.0. The van der Waals surface area contributed by atoms with Gasteiger partial charge in [-0.15, -0.1) is 0 Å². The molecule has 0 fully saturated rings. The van der Waals surface area contributed by atoms with E-state index in [2.05, 4.69) is 9.82 Å². The fourth-order valence-corrected chi connectivity index (χ4v) is 2.95. The van der Waals surface area contributed by atoms with Crippen molar-refractivity contribution in [2.75, 3.05) is 6.54 Å². The van der Waals surface area contributed by atoms with Crippen molar-refractivity contribution in [1.82, 2.24) is 14.5 Å². The number of nitrogens with zero attached hydrogens (tertiary/aromatic N) is 3. The Hall–Kier alpha value is -2.17. The number of nitrogens with one attached hydrogen (secondary N) is 1. The van der Waals surface area contributed by atoms with E-state index in [1.165, 1.54) is 12.1 Å². The van der Waals surface area contributed by atoms with Gasteiger partial charge in [0.25, 0.3) is 0 Å². The van der Waals surface area contributed by atoms with Crippen molar-refractivity contribution in [2.24, 2.45) is 7.05 Å². The van der Waals surface area contributed by atoms with Crippen molar-refractivity contribution in [3.63, 3.8) is 0 Å². The Morgan fingerprint density at radius 2 is 2.00 bits per heavy atom. The molecule has 1 aromatic carbocycles. The quantitative estimate of drug-likeness (QED) is 0.862. The van der Waals surface area contributed by atoms with Crippen molar-refractivity contribution < 1.29 is 8.42 Å². The minimum absolute atomic E-state index is 0.203. The van der Waals surface area contributed by atoms with Crippen LogP contribution in [0.1, 0.15) is 11.3 Å². The molecule has 0 bridgehead atoms. The van der Waals surface area contributed by atoms with E-state index in [0.29, 0.717) is 13.0 Å². The molecule has 1 aromatic heterocycles. The molecule has 0 unspecified atom stereocenters. The highest BCUT2D eigenvalue weighted by molar-refractivity contribution is 7.89. The van der Waals surface area contributed by atoms with Gasteiger partial charge < -0.3 is 0 Å². The van der Waals surface area contributed by atoms with Crippen molar-refractivity contribution in [3.05, 3.63) is 47.8 Å². The molecule has 2 rings (SSSR count). The molecule has 21 heavy (non-hydrogen) atoms. The number of sulfonamides is 1. The predicted molar refractivity (Wildman–Crippen MR) is 77.9 cm³/mol. The van der Waals surface area contributed by atoms with Gasteiger partial charge in [-0.3, -0.25) is 4.68 Å². The number of aromatic nitrogens is 2. The monoisotopic (exact) mass is 304 g/mol. The number of nitriles is 1. The number of rotatable bonds is 6. The number of aryl methyl sites for hydroxylation is 1. The third-order valence-electron chi connectivity index (χ3n) is 3.11. The Balaban J connectivity index is 1.98. The molecule has 6 nitrogen and oxygen atoms in total. The molecule has 0 aliphatic rings. The summed E-state index contributed by atoms with van der Waals surface area (Å²) in [5.41, 5.74) is 1.76. The predicted octanol–water partition coefficient (Wildman–Crippen LogP) is 1.01. The lowest BCUT2D eigenvalue weighted by Crippen LogP contribution is -2.26. The van der Waals surface area contributed by atoms with E-state index in [4.69, 9.17) is 5.26 Å². The first-order valence-electron chi connectivity index (χ1n) is 6.45. The SMILES string of the molecule is Cn1nccc1CCNS(=O)(=O)c1ccc(CC#N)cc1. The van der Waals surface area contributed by atoms with Gasteiger partial charge in [-0.1, -0.05) is 12.1 Å². The van der Waals surface area contributed by atoms with Crippen LogP contribution in [0.25, 0.3) is 0 Å². The van der Waals surface area contributed by atoms with Gasteiger partial charge in [0.15, 0.2) is 0 Å². The fourth-order valence-electron chi connectivity index (χ4n) is 1.92. The first-order valence-corrected chi connectivity index (χ1v) is 7.93. The van der Waals surface area contributed by atoms with Crippen LogP contribution in [0.3, 0.4) is 0 Å². The zero-order valence-corrected chi connectivity index (χ0v) is 12.5. The molecule has 0 atom stereocenters. The lowest BCUT2D eigenvalue weighted by Gasteiger charge is -2.07. The first kappa shape index (κ1) is 15.2. The summed E-state index contributed by atoms with van der Waals surface area (Å²) in [5, 5.41) is 12.6. The van der Waals surface area contributed by atoms with E-state index in [-0.39, 0.29) is 11.3 Å². The van der Waals surface area contributed by atoms with Crippen LogP contribution in [0.2, 0.25) is 0 Å². The molecule has 0 saturated carbocycles. The summed E-state index contributed by atoms with van der Waals surface area (Å²) in [4.78, 5) is 0.203. The Morgan fingerprint density at radius 3 is 2.57 bits per heavy atom. The fraction of sp³-hybridized carbons (Fsp3) is 0.286. The summed E-state index contributed by atoms with van der Waals surface area (Å²) in [7, 11) is -1.70. The summed E-state index contributed by atoms with van der Waals surface area (Å²) in [6.45, 7) is 0.307. The van der Waals surface area contributed by atoms with Gasteiger partial charge in [-0.2, -0.15) is 10.4 Å². The summed E-state index contributed by atoms with van der Waals surface area (Å²) < 4.78 is 28.5. The summed E-state index contributed by atoms with van der Waals surface area (Å²) in [6.07, 6.45) is 2.52. The summed E-state index contributed by atoms with van der Waals surface area (Å²) in [6, 6.07) is 10.2. The number of hydrogen-bond acceptors (Lipinski definition) is 4. The lowest BCUT2D eigenvalue weighted by atomic mass is 10.2. The van der Waals surface area contributed by atoms with Crippen LogP contribution in [0, 0.1) is 11.3 Å². The molecule has 1 heterocycles. The van der Waals surface area contributed by atoms with Crippen molar-refractivity contribution in [3.8, 4) is 6.07 Å². The molecule has 0 amide bonds. The maximum Gasteiger partial charge on any atom is 0.240 e. The van der Waals surface area contributed by atoms with Gasteiger partial charge in [-0.25, -0.2) is 13.1 Å². The topological polar surface area (TPSA) is 87.8 Å². The highest BCUT2D eigenvalue weighted by atomic mass is 32.2. The maximum absolute atomic E-state index is 12.1. The van der Waals surface area contributed by atoms with Gasteiger partial charge in [0.1, 0.15) is 0 Å².